The number of amides is 1. The Hall–Kier alpha value is -2.69. The van der Waals surface area contributed by atoms with Crippen LogP contribution in [0.3, 0.4) is 0 Å². The molecule has 0 saturated carbocycles. The predicted molar refractivity (Wildman–Crippen MR) is 93.2 cm³/mol. The van der Waals surface area contributed by atoms with E-state index < -0.39 is 5.97 Å². The monoisotopic (exact) mass is 343 g/mol. The van der Waals surface area contributed by atoms with Gasteiger partial charge in [-0.15, -0.1) is 0 Å². The molecule has 4 nitrogen and oxygen atoms in total. The van der Waals surface area contributed by atoms with Gasteiger partial charge in [-0.25, -0.2) is 4.39 Å². The van der Waals surface area contributed by atoms with Crippen LogP contribution >= 0.6 is 0 Å². The highest BCUT2D eigenvalue weighted by molar-refractivity contribution is 5.82. The zero-order chi connectivity index (χ0) is 18.1. The van der Waals surface area contributed by atoms with Crippen LogP contribution in [-0.2, 0) is 27.3 Å². The lowest BCUT2D eigenvalue weighted by molar-refractivity contribution is -0.149. The largest absolute Gasteiger partial charge is 0.465 e. The second-order valence-electron chi connectivity index (χ2n) is 5.67. The van der Waals surface area contributed by atoms with Gasteiger partial charge in [-0.3, -0.25) is 9.59 Å². The van der Waals surface area contributed by atoms with Gasteiger partial charge in [0.05, 0.1) is 6.61 Å². The molecule has 0 saturated heterocycles. The van der Waals surface area contributed by atoms with Gasteiger partial charge in [0.2, 0.25) is 5.91 Å². The van der Waals surface area contributed by atoms with Crippen LogP contribution in [0.25, 0.3) is 0 Å². The lowest BCUT2D eigenvalue weighted by Crippen LogP contribution is -2.36. The SMILES string of the molecule is CCOC(=O)CN(Cc1ccccc1)C(=O)CCc1cccc(F)c1. The Labute approximate surface area is 147 Å². The molecule has 5 heteroatoms. The first-order valence-electron chi connectivity index (χ1n) is 8.30. The van der Waals surface area contributed by atoms with E-state index in [1.807, 2.05) is 30.3 Å². The molecule has 0 N–H and O–H groups in total. The Morgan fingerprint density at radius 3 is 2.44 bits per heavy atom. The molecule has 2 aromatic carbocycles. The van der Waals surface area contributed by atoms with Crippen LogP contribution in [0.15, 0.2) is 54.6 Å². The number of carbonyl (C=O) groups excluding carboxylic acids is 2. The quantitative estimate of drug-likeness (QED) is 0.691. The average Bonchev–Trinajstić information content (AvgIpc) is 2.60. The minimum absolute atomic E-state index is 0.0925. The number of esters is 1. The van der Waals surface area contributed by atoms with E-state index in [1.54, 1.807) is 19.1 Å². The van der Waals surface area contributed by atoms with Gasteiger partial charge in [-0.1, -0.05) is 42.5 Å². The minimum atomic E-state index is -0.433. The van der Waals surface area contributed by atoms with Crippen molar-refractivity contribution in [2.75, 3.05) is 13.2 Å². The molecular weight excluding hydrogens is 321 g/mol. The summed E-state index contributed by atoms with van der Waals surface area (Å²) in [5.41, 5.74) is 1.69. The van der Waals surface area contributed by atoms with Crippen LogP contribution in [0.2, 0.25) is 0 Å². The first-order valence-corrected chi connectivity index (χ1v) is 8.30. The molecule has 25 heavy (non-hydrogen) atoms. The summed E-state index contributed by atoms with van der Waals surface area (Å²) in [5.74, 6) is -0.920. The van der Waals surface area contributed by atoms with Gasteiger partial charge >= 0.3 is 5.97 Å². The van der Waals surface area contributed by atoms with E-state index >= 15 is 0 Å². The van der Waals surface area contributed by atoms with Crippen LogP contribution in [0.5, 0.6) is 0 Å². The molecular formula is C20H22FNO3. The number of hydrogen-bond donors (Lipinski definition) is 0. The van der Waals surface area contributed by atoms with Gasteiger partial charge in [0.1, 0.15) is 12.4 Å². The van der Waals surface area contributed by atoms with E-state index in [1.165, 1.54) is 17.0 Å². The predicted octanol–water partition coefficient (Wildman–Crippen LogP) is 3.35. The molecule has 2 rings (SSSR count). The van der Waals surface area contributed by atoms with Crippen molar-refractivity contribution in [3.8, 4) is 0 Å². The van der Waals surface area contributed by atoms with E-state index in [-0.39, 0.29) is 31.3 Å². The fourth-order valence-corrected chi connectivity index (χ4v) is 2.50. The average molecular weight is 343 g/mol. The molecule has 132 valence electrons. The summed E-state index contributed by atoms with van der Waals surface area (Å²) >= 11 is 0. The number of ether oxygens (including phenoxy) is 1. The van der Waals surface area contributed by atoms with E-state index in [0.29, 0.717) is 13.0 Å². The third kappa shape index (κ3) is 6.37. The fraction of sp³-hybridized carbons (Fsp3) is 0.300. The summed E-state index contributed by atoms with van der Waals surface area (Å²) < 4.78 is 18.2. The fourth-order valence-electron chi connectivity index (χ4n) is 2.50. The van der Waals surface area contributed by atoms with Gasteiger partial charge in [0.25, 0.3) is 0 Å². The second-order valence-corrected chi connectivity index (χ2v) is 5.67. The molecule has 0 fully saturated rings. The van der Waals surface area contributed by atoms with Crippen LogP contribution in [0, 0.1) is 5.82 Å². The lowest BCUT2D eigenvalue weighted by atomic mass is 10.1. The van der Waals surface area contributed by atoms with Gasteiger partial charge in [0.15, 0.2) is 0 Å². The van der Waals surface area contributed by atoms with E-state index in [9.17, 15) is 14.0 Å². The molecule has 0 aliphatic heterocycles. The number of aryl methyl sites for hydroxylation is 1. The lowest BCUT2D eigenvalue weighted by Gasteiger charge is -2.22. The van der Waals surface area contributed by atoms with Crippen LogP contribution in [0.4, 0.5) is 4.39 Å². The van der Waals surface area contributed by atoms with Crippen LogP contribution < -0.4 is 0 Å². The summed E-state index contributed by atoms with van der Waals surface area (Å²) in [5, 5.41) is 0. The van der Waals surface area contributed by atoms with Gasteiger partial charge in [-0.05, 0) is 36.6 Å². The maximum absolute atomic E-state index is 13.2. The topological polar surface area (TPSA) is 46.6 Å². The van der Waals surface area contributed by atoms with Crippen LogP contribution in [0.1, 0.15) is 24.5 Å². The van der Waals surface area contributed by atoms with Crippen molar-refractivity contribution >= 4 is 11.9 Å². The van der Waals surface area contributed by atoms with Crippen molar-refractivity contribution in [1.29, 1.82) is 0 Å². The Morgan fingerprint density at radius 1 is 1.04 bits per heavy atom. The molecule has 0 bridgehead atoms. The van der Waals surface area contributed by atoms with Crippen molar-refractivity contribution < 1.29 is 18.7 Å². The first-order chi connectivity index (χ1) is 12.1. The molecule has 0 aliphatic rings. The van der Waals surface area contributed by atoms with E-state index in [4.69, 9.17) is 4.74 Å². The Balaban J connectivity index is 2.02. The van der Waals surface area contributed by atoms with Gasteiger partial charge < -0.3 is 9.64 Å². The van der Waals surface area contributed by atoms with E-state index in [0.717, 1.165) is 11.1 Å². The van der Waals surface area contributed by atoms with Crippen molar-refractivity contribution in [1.82, 2.24) is 4.90 Å². The second kappa shape index (κ2) is 9.57. The highest BCUT2D eigenvalue weighted by atomic mass is 19.1. The molecule has 2 aromatic rings. The number of hydrogen-bond acceptors (Lipinski definition) is 3. The summed E-state index contributed by atoms with van der Waals surface area (Å²) in [6.45, 7) is 2.24. The molecule has 1 amide bonds. The van der Waals surface area contributed by atoms with E-state index in [2.05, 4.69) is 0 Å². The Kier molecular flexibility index (Phi) is 7.14. The summed E-state index contributed by atoms with van der Waals surface area (Å²) in [6.07, 6.45) is 0.625. The molecule has 0 aromatic heterocycles. The van der Waals surface area contributed by atoms with Crippen molar-refractivity contribution in [3.05, 3.63) is 71.5 Å². The first kappa shape index (κ1) is 18.6. The summed E-state index contributed by atoms with van der Waals surface area (Å²) in [4.78, 5) is 25.9. The molecule has 0 heterocycles. The molecule has 0 atom stereocenters. The molecule has 0 radical (unpaired) electrons. The van der Waals surface area contributed by atoms with Crippen molar-refractivity contribution in [2.24, 2.45) is 0 Å². The number of benzene rings is 2. The third-order valence-electron chi connectivity index (χ3n) is 3.71. The Morgan fingerprint density at radius 2 is 1.76 bits per heavy atom. The normalized spacial score (nSPS) is 10.3. The Bertz CT molecular complexity index is 703. The van der Waals surface area contributed by atoms with Crippen LogP contribution in [-0.4, -0.2) is 29.9 Å². The highest BCUT2D eigenvalue weighted by Gasteiger charge is 2.18. The number of halogens is 1. The number of rotatable bonds is 8. The number of carbonyl (C=O) groups is 2. The van der Waals surface area contributed by atoms with Crippen molar-refractivity contribution in [3.63, 3.8) is 0 Å². The molecule has 0 unspecified atom stereocenters. The zero-order valence-corrected chi connectivity index (χ0v) is 14.3. The smallest absolute Gasteiger partial charge is 0.325 e. The van der Waals surface area contributed by atoms with Crippen molar-refractivity contribution in [2.45, 2.75) is 26.3 Å². The minimum Gasteiger partial charge on any atom is -0.465 e. The van der Waals surface area contributed by atoms with Gasteiger partial charge in [0, 0.05) is 13.0 Å². The molecule has 0 spiro atoms. The zero-order valence-electron chi connectivity index (χ0n) is 14.3. The highest BCUT2D eigenvalue weighted by Crippen LogP contribution is 2.10. The third-order valence-corrected chi connectivity index (χ3v) is 3.71. The van der Waals surface area contributed by atoms with Gasteiger partial charge in [-0.2, -0.15) is 0 Å². The maximum atomic E-state index is 13.2. The molecule has 0 aliphatic carbocycles. The number of nitrogens with zero attached hydrogens (tertiary/aromatic N) is 1. The maximum Gasteiger partial charge on any atom is 0.325 e. The standard InChI is InChI=1S/C20H22FNO3/c1-2-25-20(24)15-22(14-17-7-4-3-5-8-17)19(23)12-11-16-9-6-10-18(21)13-16/h3-10,13H,2,11-12,14-15H2,1H3. The summed E-state index contributed by atoms with van der Waals surface area (Å²) in [6, 6.07) is 15.7. The summed E-state index contributed by atoms with van der Waals surface area (Å²) in [7, 11) is 0.